The number of fused-ring (bicyclic) bond motifs is 1. The van der Waals surface area contributed by atoms with Gasteiger partial charge in [0.1, 0.15) is 5.75 Å². The minimum Gasteiger partial charge on any atom is -0.478 e. The van der Waals surface area contributed by atoms with Gasteiger partial charge in [0.25, 0.3) is 5.91 Å². The minimum atomic E-state index is -0.813. The molecule has 1 N–H and O–H groups in total. The molecule has 0 fully saturated rings. The lowest BCUT2D eigenvalue weighted by atomic mass is 10.1. The van der Waals surface area contributed by atoms with Gasteiger partial charge in [0.05, 0.1) is 23.0 Å². The van der Waals surface area contributed by atoms with Gasteiger partial charge in [-0.15, -0.1) is 11.3 Å². The molecule has 5 nitrogen and oxygen atoms in total. The molecule has 1 atom stereocenters. The summed E-state index contributed by atoms with van der Waals surface area (Å²) in [6, 6.07) is 10.8. The van der Waals surface area contributed by atoms with E-state index in [9.17, 15) is 9.59 Å². The first-order valence-corrected chi connectivity index (χ1v) is 8.27. The number of carbonyl (C=O) groups excluding carboxylic acids is 2. The number of amides is 2. The molecule has 2 heterocycles. The first kappa shape index (κ1) is 15.8. The SMILES string of the molecule is CN(Cc1ccc(Cl)s1)C(=O)C[C@@H]1Oc2ccccc2NC1=O. The molecule has 0 saturated carbocycles. The van der Waals surface area contributed by atoms with E-state index < -0.39 is 6.10 Å². The van der Waals surface area contributed by atoms with Crippen molar-refractivity contribution in [1.29, 1.82) is 0 Å². The van der Waals surface area contributed by atoms with Gasteiger partial charge in [0, 0.05) is 11.9 Å². The molecular weight excluding hydrogens is 336 g/mol. The van der Waals surface area contributed by atoms with Crippen molar-refractivity contribution in [3.63, 3.8) is 0 Å². The molecule has 0 saturated heterocycles. The monoisotopic (exact) mass is 350 g/mol. The molecule has 0 spiro atoms. The second-order valence-corrected chi connectivity index (χ2v) is 7.05. The summed E-state index contributed by atoms with van der Waals surface area (Å²) in [4.78, 5) is 26.9. The predicted molar refractivity (Wildman–Crippen MR) is 89.9 cm³/mol. The number of benzene rings is 1. The number of nitrogens with zero attached hydrogens (tertiary/aromatic N) is 1. The van der Waals surface area contributed by atoms with E-state index in [1.54, 1.807) is 30.1 Å². The molecular formula is C16H15ClN2O3S. The Labute approximate surface area is 142 Å². The van der Waals surface area contributed by atoms with Crippen LogP contribution in [0.15, 0.2) is 36.4 Å². The summed E-state index contributed by atoms with van der Waals surface area (Å²) in [5, 5.41) is 2.76. The molecule has 1 aliphatic rings. The van der Waals surface area contributed by atoms with E-state index >= 15 is 0 Å². The highest BCUT2D eigenvalue weighted by atomic mass is 35.5. The lowest BCUT2D eigenvalue weighted by Crippen LogP contribution is -2.41. The van der Waals surface area contributed by atoms with Gasteiger partial charge in [0.15, 0.2) is 6.10 Å². The fourth-order valence-corrected chi connectivity index (χ4v) is 3.44. The largest absolute Gasteiger partial charge is 0.478 e. The van der Waals surface area contributed by atoms with Gasteiger partial charge >= 0.3 is 0 Å². The fraction of sp³-hybridized carbons (Fsp3) is 0.250. The topological polar surface area (TPSA) is 58.6 Å². The van der Waals surface area contributed by atoms with Crippen LogP contribution >= 0.6 is 22.9 Å². The average molecular weight is 351 g/mol. The maximum Gasteiger partial charge on any atom is 0.266 e. The normalized spacial score (nSPS) is 16.3. The second-order valence-electron chi connectivity index (χ2n) is 5.25. The zero-order valence-electron chi connectivity index (χ0n) is 12.4. The molecule has 0 bridgehead atoms. The number of carbonyl (C=O) groups is 2. The second kappa shape index (κ2) is 6.60. The van der Waals surface area contributed by atoms with Gasteiger partial charge < -0.3 is 15.0 Å². The number of hydrogen-bond acceptors (Lipinski definition) is 4. The minimum absolute atomic E-state index is 0.00419. The van der Waals surface area contributed by atoms with Crippen molar-refractivity contribution in [3.8, 4) is 5.75 Å². The van der Waals surface area contributed by atoms with Crippen molar-refractivity contribution in [1.82, 2.24) is 4.90 Å². The summed E-state index contributed by atoms with van der Waals surface area (Å²) in [6.45, 7) is 0.459. The van der Waals surface area contributed by atoms with E-state index in [0.29, 0.717) is 22.3 Å². The Balaban J connectivity index is 1.62. The maximum atomic E-state index is 12.3. The number of thiophene rings is 1. The van der Waals surface area contributed by atoms with Crippen molar-refractivity contribution < 1.29 is 14.3 Å². The number of hydrogen-bond donors (Lipinski definition) is 1. The van der Waals surface area contributed by atoms with E-state index in [1.807, 2.05) is 18.2 Å². The lowest BCUT2D eigenvalue weighted by Gasteiger charge is -2.26. The number of para-hydroxylation sites is 2. The fourth-order valence-electron chi connectivity index (χ4n) is 2.30. The standard InChI is InChI=1S/C16H15ClN2O3S/c1-19(9-10-6-7-14(17)23-10)15(20)8-13-16(21)18-11-4-2-3-5-12(11)22-13/h2-7,13H,8-9H2,1H3,(H,18,21)/t13-/m0/s1. The van der Waals surface area contributed by atoms with E-state index in [2.05, 4.69) is 5.32 Å². The van der Waals surface area contributed by atoms with Crippen molar-refractivity contribution >= 4 is 40.4 Å². The predicted octanol–water partition coefficient (Wildman–Crippen LogP) is 3.15. The molecule has 1 aromatic carbocycles. The third-order valence-corrected chi connectivity index (χ3v) is 4.73. The van der Waals surface area contributed by atoms with E-state index in [0.717, 1.165) is 4.88 Å². The van der Waals surface area contributed by atoms with Gasteiger partial charge in [-0.1, -0.05) is 23.7 Å². The zero-order chi connectivity index (χ0) is 16.4. The van der Waals surface area contributed by atoms with Crippen LogP contribution in [0.25, 0.3) is 0 Å². The van der Waals surface area contributed by atoms with Crippen molar-refractivity contribution in [3.05, 3.63) is 45.6 Å². The molecule has 3 rings (SSSR count). The highest BCUT2D eigenvalue weighted by molar-refractivity contribution is 7.16. The number of rotatable bonds is 4. The molecule has 120 valence electrons. The molecule has 1 aliphatic heterocycles. The Morgan fingerprint density at radius 3 is 2.87 bits per heavy atom. The summed E-state index contributed by atoms with van der Waals surface area (Å²) in [5.41, 5.74) is 0.628. The third-order valence-electron chi connectivity index (χ3n) is 3.51. The van der Waals surface area contributed by atoms with Gasteiger partial charge in [-0.25, -0.2) is 0 Å². The summed E-state index contributed by atoms with van der Waals surface area (Å²) in [7, 11) is 1.70. The van der Waals surface area contributed by atoms with E-state index in [-0.39, 0.29) is 18.2 Å². The Hall–Kier alpha value is -2.05. The van der Waals surface area contributed by atoms with Crippen LogP contribution < -0.4 is 10.1 Å². The van der Waals surface area contributed by atoms with Crippen LogP contribution in [-0.4, -0.2) is 29.9 Å². The number of halogens is 1. The van der Waals surface area contributed by atoms with Gasteiger partial charge in [-0.05, 0) is 24.3 Å². The maximum absolute atomic E-state index is 12.3. The van der Waals surface area contributed by atoms with Crippen LogP contribution in [0.2, 0.25) is 4.34 Å². The summed E-state index contributed by atoms with van der Waals surface area (Å²) in [5.74, 6) is 0.122. The molecule has 2 amide bonds. The smallest absolute Gasteiger partial charge is 0.266 e. The summed E-state index contributed by atoms with van der Waals surface area (Å²) < 4.78 is 6.33. The zero-order valence-corrected chi connectivity index (χ0v) is 14.0. The van der Waals surface area contributed by atoms with Crippen LogP contribution in [0.3, 0.4) is 0 Å². The molecule has 7 heteroatoms. The van der Waals surface area contributed by atoms with Gasteiger partial charge in [0.2, 0.25) is 5.91 Å². The van der Waals surface area contributed by atoms with E-state index in [4.69, 9.17) is 16.3 Å². The van der Waals surface area contributed by atoms with Crippen LogP contribution in [0, 0.1) is 0 Å². The third kappa shape index (κ3) is 3.65. The van der Waals surface area contributed by atoms with Crippen LogP contribution in [0.5, 0.6) is 5.75 Å². The Morgan fingerprint density at radius 2 is 2.13 bits per heavy atom. The van der Waals surface area contributed by atoms with Crippen LogP contribution in [0.4, 0.5) is 5.69 Å². The Kier molecular flexibility index (Phi) is 4.54. The summed E-state index contributed by atoms with van der Waals surface area (Å²) in [6.07, 6.45) is -0.817. The molecule has 0 aliphatic carbocycles. The number of anilines is 1. The van der Waals surface area contributed by atoms with Crippen molar-refractivity contribution in [2.24, 2.45) is 0 Å². The number of ether oxygens (including phenoxy) is 1. The first-order chi connectivity index (χ1) is 11.0. The van der Waals surface area contributed by atoms with Crippen molar-refractivity contribution in [2.75, 3.05) is 12.4 Å². The van der Waals surface area contributed by atoms with Gasteiger partial charge in [-0.3, -0.25) is 9.59 Å². The molecule has 0 unspecified atom stereocenters. The Morgan fingerprint density at radius 1 is 1.35 bits per heavy atom. The van der Waals surface area contributed by atoms with Crippen LogP contribution in [0.1, 0.15) is 11.3 Å². The highest BCUT2D eigenvalue weighted by Crippen LogP contribution is 2.30. The van der Waals surface area contributed by atoms with Crippen molar-refractivity contribution in [2.45, 2.75) is 19.1 Å². The first-order valence-electron chi connectivity index (χ1n) is 7.07. The molecule has 2 aromatic rings. The average Bonchev–Trinajstić information content (AvgIpc) is 2.93. The molecule has 1 aromatic heterocycles. The Bertz CT molecular complexity index is 746. The summed E-state index contributed by atoms with van der Waals surface area (Å²) >= 11 is 7.32. The number of nitrogens with one attached hydrogen (secondary N) is 1. The quantitative estimate of drug-likeness (QED) is 0.921. The van der Waals surface area contributed by atoms with E-state index in [1.165, 1.54) is 11.3 Å². The lowest BCUT2D eigenvalue weighted by molar-refractivity contribution is -0.136. The van der Waals surface area contributed by atoms with Gasteiger partial charge in [-0.2, -0.15) is 0 Å². The molecule has 23 heavy (non-hydrogen) atoms. The highest BCUT2D eigenvalue weighted by Gasteiger charge is 2.30. The molecule has 0 radical (unpaired) electrons. The van der Waals surface area contributed by atoms with Crippen LogP contribution in [-0.2, 0) is 16.1 Å².